The Morgan fingerprint density at radius 3 is 2.33 bits per heavy atom. The van der Waals surface area contributed by atoms with Gasteiger partial charge in [-0.05, 0) is 24.0 Å². The summed E-state index contributed by atoms with van der Waals surface area (Å²) in [6.45, 7) is 7.66. The second-order valence-corrected chi connectivity index (χ2v) is 6.10. The van der Waals surface area contributed by atoms with E-state index in [1.165, 1.54) is 12.1 Å². The van der Waals surface area contributed by atoms with Crippen LogP contribution in [0.1, 0.15) is 31.9 Å². The van der Waals surface area contributed by atoms with Crippen LogP contribution in [-0.2, 0) is 0 Å². The summed E-state index contributed by atoms with van der Waals surface area (Å²) < 4.78 is 0. The molecular formula is C15H25Cl2N3O4. The van der Waals surface area contributed by atoms with Crippen LogP contribution in [0.25, 0.3) is 0 Å². The lowest BCUT2D eigenvalue weighted by atomic mass is 9.94. The van der Waals surface area contributed by atoms with Crippen molar-refractivity contribution in [3.63, 3.8) is 0 Å². The number of nitro benzene ring substituents is 1. The molecule has 0 aromatic heterocycles. The Morgan fingerprint density at radius 1 is 1.25 bits per heavy atom. The summed E-state index contributed by atoms with van der Waals surface area (Å²) in [5.41, 5.74) is 0.233. The van der Waals surface area contributed by atoms with Crippen LogP contribution in [0.4, 0.5) is 5.69 Å². The number of piperazine rings is 1. The molecule has 0 bridgehead atoms. The van der Waals surface area contributed by atoms with Gasteiger partial charge in [0.2, 0.25) is 5.75 Å². The smallest absolute Gasteiger partial charge is 0.314 e. The van der Waals surface area contributed by atoms with E-state index in [1.807, 2.05) is 0 Å². The van der Waals surface area contributed by atoms with Crippen LogP contribution < -0.4 is 5.32 Å². The number of aromatic hydroxyl groups is 2. The highest BCUT2D eigenvalue weighted by atomic mass is 35.5. The standard InChI is InChI=1S/C15H23N3O4.2ClH/c1-10(2)7-12(17-5-3-16-4-6-17)11-8-13(18(21)22)15(20)14(19)9-11;;/h8-10,12,16,19-20H,3-7H2,1-2H3;2*1H/t12-;;/m1../s1. The highest BCUT2D eigenvalue weighted by Crippen LogP contribution is 2.40. The summed E-state index contributed by atoms with van der Waals surface area (Å²) in [5, 5.41) is 33.8. The monoisotopic (exact) mass is 381 g/mol. The van der Waals surface area contributed by atoms with Crippen LogP contribution in [-0.4, -0.2) is 46.2 Å². The summed E-state index contributed by atoms with van der Waals surface area (Å²) in [4.78, 5) is 12.7. The van der Waals surface area contributed by atoms with Crippen molar-refractivity contribution in [2.75, 3.05) is 26.2 Å². The molecule has 1 aromatic rings. The van der Waals surface area contributed by atoms with Gasteiger partial charge >= 0.3 is 5.69 Å². The Bertz CT molecular complexity index is 552. The molecule has 138 valence electrons. The lowest BCUT2D eigenvalue weighted by Crippen LogP contribution is -2.45. The predicted molar refractivity (Wildman–Crippen MR) is 97.6 cm³/mol. The molecule has 0 amide bonds. The van der Waals surface area contributed by atoms with E-state index in [1.54, 1.807) is 0 Å². The number of nitrogens with one attached hydrogen (secondary N) is 1. The number of phenolic OH excluding ortho intramolecular Hbond substituents is 2. The summed E-state index contributed by atoms with van der Waals surface area (Å²) in [5.74, 6) is -0.694. The second-order valence-electron chi connectivity index (χ2n) is 6.10. The first-order chi connectivity index (χ1) is 10.4. The highest BCUT2D eigenvalue weighted by Gasteiger charge is 2.27. The zero-order valence-electron chi connectivity index (χ0n) is 13.8. The SMILES string of the molecule is CC(C)C[C@H](c1cc(O)c(O)c([N+](=O)[O-])c1)N1CCNCC1.Cl.Cl. The van der Waals surface area contributed by atoms with Gasteiger partial charge in [0.05, 0.1) is 4.92 Å². The quantitative estimate of drug-likeness (QED) is 0.412. The number of hydrogen-bond acceptors (Lipinski definition) is 6. The van der Waals surface area contributed by atoms with Crippen LogP contribution in [0.15, 0.2) is 12.1 Å². The molecule has 0 radical (unpaired) electrons. The molecule has 3 N–H and O–H groups in total. The Labute approximate surface area is 154 Å². The van der Waals surface area contributed by atoms with Gasteiger partial charge in [-0.2, -0.15) is 0 Å². The maximum Gasteiger partial charge on any atom is 0.314 e. The van der Waals surface area contributed by atoms with E-state index in [4.69, 9.17) is 0 Å². The summed E-state index contributed by atoms with van der Waals surface area (Å²) >= 11 is 0. The Morgan fingerprint density at radius 2 is 1.83 bits per heavy atom. The van der Waals surface area contributed by atoms with Crippen LogP contribution >= 0.6 is 24.8 Å². The van der Waals surface area contributed by atoms with E-state index in [0.29, 0.717) is 11.5 Å². The molecule has 0 unspecified atom stereocenters. The number of hydrogen-bond donors (Lipinski definition) is 3. The zero-order chi connectivity index (χ0) is 16.3. The number of halogens is 2. The van der Waals surface area contributed by atoms with E-state index in [0.717, 1.165) is 32.6 Å². The Kier molecular flexibility index (Phi) is 9.35. The number of benzene rings is 1. The maximum atomic E-state index is 11.1. The zero-order valence-corrected chi connectivity index (χ0v) is 15.4. The van der Waals surface area contributed by atoms with Gasteiger partial charge in [0.1, 0.15) is 0 Å². The summed E-state index contributed by atoms with van der Waals surface area (Å²) in [6, 6.07) is 2.81. The fourth-order valence-electron chi connectivity index (χ4n) is 2.89. The van der Waals surface area contributed by atoms with Crippen molar-refractivity contribution in [2.45, 2.75) is 26.3 Å². The molecule has 1 aliphatic heterocycles. The molecule has 2 rings (SSSR count). The van der Waals surface area contributed by atoms with Gasteiger partial charge in [-0.25, -0.2) is 0 Å². The van der Waals surface area contributed by atoms with E-state index in [9.17, 15) is 20.3 Å². The lowest BCUT2D eigenvalue weighted by Gasteiger charge is -2.36. The molecule has 0 aliphatic carbocycles. The third-order valence-corrected chi connectivity index (χ3v) is 3.96. The van der Waals surface area contributed by atoms with Gasteiger partial charge < -0.3 is 15.5 Å². The molecule has 1 aromatic carbocycles. The van der Waals surface area contributed by atoms with Crippen LogP contribution in [0, 0.1) is 16.0 Å². The molecule has 1 aliphatic rings. The highest BCUT2D eigenvalue weighted by molar-refractivity contribution is 5.85. The molecule has 1 saturated heterocycles. The van der Waals surface area contributed by atoms with Gasteiger partial charge in [-0.15, -0.1) is 24.8 Å². The minimum Gasteiger partial charge on any atom is -0.504 e. The second kappa shape index (κ2) is 9.88. The molecular weight excluding hydrogens is 357 g/mol. The molecule has 0 saturated carbocycles. The topological polar surface area (TPSA) is 98.9 Å². The molecule has 24 heavy (non-hydrogen) atoms. The normalized spacial score (nSPS) is 16.1. The van der Waals surface area contributed by atoms with Gasteiger partial charge in [-0.1, -0.05) is 13.8 Å². The fourth-order valence-corrected chi connectivity index (χ4v) is 2.89. The first-order valence-electron chi connectivity index (χ1n) is 7.55. The average Bonchev–Trinajstić information content (AvgIpc) is 2.48. The number of nitrogens with zero attached hydrogens (tertiary/aromatic N) is 2. The van der Waals surface area contributed by atoms with Gasteiger partial charge in [0.15, 0.2) is 5.75 Å². The molecule has 1 atom stereocenters. The van der Waals surface area contributed by atoms with Crippen molar-refractivity contribution in [1.29, 1.82) is 0 Å². The fraction of sp³-hybridized carbons (Fsp3) is 0.600. The first kappa shape index (κ1) is 22.7. The van der Waals surface area contributed by atoms with E-state index >= 15 is 0 Å². The molecule has 1 fully saturated rings. The molecule has 7 nitrogen and oxygen atoms in total. The van der Waals surface area contributed by atoms with Gasteiger partial charge in [0, 0.05) is 38.3 Å². The third kappa shape index (κ3) is 5.37. The average molecular weight is 382 g/mol. The minimum atomic E-state index is -0.669. The third-order valence-electron chi connectivity index (χ3n) is 3.96. The van der Waals surface area contributed by atoms with Crippen LogP contribution in [0.5, 0.6) is 11.5 Å². The van der Waals surface area contributed by atoms with Crippen LogP contribution in [0.3, 0.4) is 0 Å². The summed E-state index contributed by atoms with van der Waals surface area (Å²) in [7, 11) is 0. The van der Waals surface area contributed by atoms with Gasteiger partial charge in [0.25, 0.3) is 0 Å². The van der Waals surface area contributed by atoms with Crippen LogP contribution in [0.2, 0.25) is 0 Å². The largest absolute Gasteiger partial charge is 0.504 e. The molecule has 9 heteroatoms. The molecule has 0 spiro atoms. The Hall–Kier alpha value is -1.28. The molecule has 1 heterocycles. The number of rotatable bonds is 5. The van der Waals surface area contributed by atoms with E-state index in [2.05, 4.69) is 24.1 Å². The van der Waals surface area contributed by atoms with Crippen molar-refractivity contribution in [1.82, 2.24) is 10.2 Å². The van der Waals surface area contributed by atoms with Gasteiger partial charge in [-0.3, -0.25) is 15.0 Å². The van der Waals surface area contributed by atoms with E-state index < -0.39 is 22.1 Å². The first-order valence-corrected chi connectivity index (χ1v) is 7.55. The van der Waals surface area contributed by atoms with Crippen molar-refractivity contribution in [3.05, 3.63) is 27.8 Å². The van der Waals surface area contributed by atoms with Crippen molar-refractivity contribution in [3.8, 4) is 11.5 Å². The lowest BCUT2D eigenvalue weighted by molar-refractivity contribution is -0.386. The number of phenols is 2. The maximum absolute atomic E-state index is 11.1. The predicted octanol–water partition coefficient (Wildman–Crippen LogP) is 2.84. The minimum absolute atomic E-state index is 0. The van der Waals surface area contributed by atoms with E-state index in [-0.39, 0.29) is 30.9 Å². The van der Waals surface area contributed by atoms with Crippen molar-refractivity contribution < 1.29 is 15.1 Å². The Balaban J connectivity index is 0.00000264. The number of nitro groups is 1. The summed E-state index contributed by atoms with van der Waals surface area (Å²) in [6.07, 6.45) is 0.835. The van der Waals surface area contributed by atoms with Crippen molar-refractivity contribution in [2.24, 2.45) is 5.92 Å². The van der Waals surface area contributed by atoms with Crippen molar-refractivity contribution >= 4 is 30.5 Å².